The first-order valence-electron chi connectivity index (χ1n) is 10.2. The van der Waals surface area contributed by atoms with E-state index in [0.717, 1.165) is 43.2 Å². The van der Waals surface area contributed by atoms with E-state index in [0.29, 0.717) is 16.4 Å². The molecular weight excluding hydrogens is 473 g/mol. The Bertz CT molecular complexity index is 1180. The van der Waals surface area contributed by atoms with Crippen molar-refractivity contribution in [2.75, 3.05) is 37.6 Å². The monoisotopic (exact) mass is 495 g/mol. The van der Waals surface area contributed by atoms with Crippen LogP contribution in [-0.2, 0) is 16.4 Å². The molecule has 0 atom stereocenters. The maximum absolute atomic E-state index is 13.7. The highest BCUT2D eigenvalue weighted by molar-refractivity contribution is 7.91. The minimum atomic E-state index is -3.80. The van der Waals surface area contributed by atoms with Crippen LogP contribution < -0.4 is 19.7 Å². The zero-order chi connectivity index (χ0) is 22.6. The second kappa shape index (κ2) is 10.2. The SMILES string of the molecule is O=S(=O)(NCCc1ccccc1F)c1cc(Cl)c(Oc2cccc(N3CCNCC3)c2)s1. The van der Waals surface area contributed by atoms with E-state index in [2.05, 4.69) is 14.9 Å². The number of nitrogens with one attached hydrogen (secondary N) is 2. The maximum Gasteiger partial charge on any atom is 0.250 e. The Morgan fingerprint density at radius 3 is 2.69 bits per heavy atom. The zero-order valence-corrected chi connectivity index (χ0v) is 19.6. The number of rotatable bonds is 8. The second-order valence-corrected chi connectivity index (χ2v) is 10.7. The summed E-state index contributed by atoms with van der Waals surface area (Å²) in [6.45, 7) is 3.73. The fourth-order valence-electron chi connectivity index (χ4n) is 3.40. The molecule has 1 aliphatic heterocycles. The van der Waals surface area contributed by atoms with Crippen LogP contribution in [0.2, 0.25) is 5.02 Å². The Morgan fingerprint density at radius 2 is 1.91 bits per heavy atom. The van der Waals surface area contributed by atoms with E-state index in [1.807, 2.05) is 24.3 Å². The third-order valence-electron chi connectivity index (χ3n) is 5.05. The van der Waals surface area contributed by atoms with Crippen molar-refractivity contribution >= 4 is 38.6 Å². The quantitative estimate of drug-likeness (QED) is 0.488. The molecule has 2 heterocycles. The van der Waals surface area contributed by atoms with Gasteiger partial charge in [0.1, 0.15) is 15.8 Å². The van der Waals surface area contributed by atoms with Gasteiger partial charge in [0.15, 0.2) is 0 Å². The number of hydrogen-bond acceptors (Lipinski definition) is 6. The molecule has 170 valence electrons. The molecule has 1 aliphatic rings. The van der Waals surface area contributed by atoms with Crippen molar-refractivity contribution in [1.29, 1.82) is 0 Å². The largest absolute Gasteiger partial charge is 0.445 e. The van der Waals surface area contributed by atoms with Gasteiger partial charge in [0.2, 0.25) is 15.1 Å². The molecule has 32 heavy (non-hydrogen) atoms. The summed E-state index contributed by atoms with van der Waals surface area (Å²) in [5.74, 6) is 0.228. The summed E-state index contributed by atoms with van der Waals surface area (Å²) in [5, 5.41) is 3.84. The fraction of sp³-hybridized carbons (Fsp3) is 0.273. The van der Waals surface area contributed by atoms with E-state index in [-0.39, 0.29) is 28.0 Å². The third-order valence-corrected chi connectivity index (χ3v) is 8.39. The first-order chi connectivity index (χ1) is 15.4. The van der Waals surface area contributed by atoms with Crippen molar-refractivity contribution in [2.45, 2.75) is 10.6 Å². The average molecular weight is 496 g/mol. The molecule has 0 amide bonds. The number of hydrogen-bond donors (Lipinski definition) is 2. The third kappa shape index (κ3) is 5.60. The highest BCUT2D eigenvalue weighted by atomic mass is 35.5. The molecule has 0 saturated carbocycles. The molecule has 1 saturated heterocycles. The van der Waals surface area contributed by atoms with Crippen molar-refractivity contribution in [3.8, 4) is 10.8 Å². The summed E-state index contributed by atoms with van der Waals surface area (Å²) in [5.41, 5.74) is 1.49. The fourth-order valence-corrected chi connectivity index (χ4v) is 6.08. The van der Waals surface area contributed by atoms with Crippen LogP contribution in [0, 0.1) is 5.82 Å². The number of nitrogens with zero attached hydrogens (tertiary/aromatic N) is 1. The van der Waals surface area contributed by atoms with Crippen LogP contribution >= 0.6 is 22.9 Å². The van der Waals surface area contributed by atoms with Crippen LogP contribution in [0.4, 0.5) is 10.1 Å². The Labute approximate surface area is 196 Å². The lowest BCUT2D eigenvalue weighted by Gasteiger charge is -2.29. The van der Waals surface area contributed by atoms with Gasteiger partial charge in [0, 0.05) is 44.5 Å². The first kappa shape index (κ1) is 23.0. The average Bonchev–Trinajstić information content (AvgIpc) is 3.17. The second-order valence-electron chi connectivity index (χ2n) is 7.28. The van der Waals surface area contributed by atoms with Gasteiger partial charge in [-0.25, -0.2) is 17.5 Å². The normalized spacial score (nSPS) is 14.5. The molecule has 1 fully saturated rings. The lowest BCUT2D eigenvalue weighted by Crippen LogP contribution is -2.43. The van der Waals surface area contributed by atoms with Crippen LogP contribution in [-0.4, -0.2) is 41.1 Å². The standard InChI is InChI=1S/C22H23ClFN3O3S2/c23-19-15-21(32(28,29)26-9-8-16-4-1-2-7-20(16)24)31-22(19)30-18-6-3-5-17(14-18)27-12-10-25-11-13-27/h1-7,14-15,25-26H,8-13H2. The first-order valence-corrected chi connectivity index (χ1v) is 12.9. The van der Waals surface area contributed by atoms with Gasteiger partial charge in [-0.15, -0.1) is 0 Å². The molecule has 2 N–H and O–H groups in total. The van der Waals surface area contributed by atoms with Crippen LogP contribution in [0.3, 0.4) is 0 Å². The Kier molecular flexibility index (Phi) is 7.32. The molecule has 0 unspecified atom stereocenters. The number of anilines is 1. The van der Waals surface area contributed by atoms with Gasteiger partial charge in [0.25, 0.3) is 0 Å². The van der Waals surface area contributed by atoms with E-state index in [1.54, 1.807) is 18.2 Å². The van der Waals surface area contributed by atoms with Gasteiger partial charge >= 0.3 is 0 Å². The molecule has 3 aromatic rings. The molecule has 2 aromatic carbocycles. The number of benzene rings is 2. The van der Waals surface area contributed by atoms with Gasteiger partial charge in [-0.1, -0.05) is 47.2 Å². The smallest absolute Gasteiger partial charge is 0.250 e. The predicted molar refractivity (Wildman–Crippen MR) is 126 cm³/mol. The molecule has 0 radical (unpaired) electrons. The Hall–Kier alpha value is -2.17. The number of thiophene rings is 1. The predicted octanol–water partition coefficient (Wildman–Crippen LogP) is 4.26. The van der Waals surface area contributed by atoms with Gasteiger partial charge in [-0.3, -0.25) is 0 Å². The number of piperazine rings is 1. The van der Waals surface area contributed by atoms with Crippen molar-refractivity contribution in [3.05, 3.63) is 71.0 Å². The lowest BCUT2D eigenvalue weighted by atomic mass is 10.1. The van der Waals surface area contributed by atoms with E-state index in [1.165, 1.54) is 12.1 Å². The number of ether oxygens (including phenoxy) is 1. The van der Waals surface area contributed by atoms with Crippen LogP contribution in [0.15, 0.2) is 58.8 Å². The van der Waals surface area contributed by atoms with Crippen molar-refractivity contribution in [3.63, 3.8) is 0 Å². The summed E-state index contributed by atoms with van der Waals surface area (Å²) < 4.78 is 47.5. The van der Waals surface area contributed by atoms with E-state index in [9.17, 15) is 12.8 Å². The number of halogens is 2. The van der Waals surface area contributed by atoms with Crippen molar-refractivity contribution in [2.24, 2.45) is 0 Å². The molecule has 1 aromatic heterocycles. The molecule has 6 nitrogen and oxygen atoms in total. The van der Waals surface area contributed by atoms with Gasteiger partial charge in [-0.05, 0) is 36.2 Å². The van der Waals surface area contributed by atoms with E-state index >= 15 is 0 Å². The minimum Gasteiger partial charge on any atom is -0.445 e. The molecule has 0 aliphatic carbocycles. The zero-order valence-electron chi connectivity index (χ0n) is 17.2. The summed E-state index contributed by atoms with van der Waals surface area (Å²) in [6.07, 6.45) is 0.243. The Balaban J connectivity index is 1.42. The van der Waals surface area contributed by atoms with E-state index < -0.39 is 10.0 Å². The van der Waals surface area contributed by atoms with Crippen LogP contribution in [0.5, 0.6) is 10.8 Å². The summed E-state index contributed by atoms with van der Waals surface area (Å²) in [4.78, 5) is 2.26. The minimum absolute atomic E-state index is 0.0456. The molecule has 0 spiro atoms. The maximum atomic E-state index is 13.7. The highest BCUT2D eigenvalue weighted by Gasteiger charge is 2.21. The van der Waals surface area contributed by atoms with Gasteiger partial charge < -0.3 is 15.0 Å². The van der Waals surface area contributed by atoms with Crippen LogP contribution in [0.1, 0.15) is 5.56 Å². The summed E-state index contributed by atoms with van der Waals surface area (Å²) in [6, 6.07) is 15.3. The van der Waals surface area contributed by atoms with E-state index in [4.69, 9.17) is 16.3 Å². The topological polar surface area (TPSA) is 70.7 Å². The van der Waals surface area contributed by atoms with Gasteiger partial charge in [0.05, 0.1) is 5.02 Å². The highest BCUT2D eigenvalue weighted by Crippen LogP contribution is 2.40. The summed E-state index contributed by atoms with van der Waals surface area (Å²) >= 11 is 7.21. The number of sulfonamides is 1. The van der Waals surface area contributed by atoms with Gasteiger partial charge in [-0.2, -0.15) is 0 Å². The molecular formula is C22H23ClFN3O3S2. The van der Waals surface area contributed by atoms with Crippen LogP contribution in [0.25, 0.3) is 0 Å². The summed E-state index contributed by atoms with van der Waals surface area (Å²) in [7, 11) is -3.80. The molecule has 0 bridgehead atoms. The van der Waals surface area contributed by atoms with Crippen molar-refractivity contribution in [1.82, 2.24) is 10.0 Å². The lowest BCUT2D eigenvalue weighted by molar-refractivity contribution is 0.496. The van der Waals surface area contributed by atoms with Crippen molar-refractivity contribution < 1.29 is 17.5 Å². The molecule has 4 rings (SSSR count). The Morgan fingerprint density at radius 1 is 1.12 bits per heavy atom. The molecule has 10 heteroatoms.